The molecule has 0 bridgehead atoms. The van der Waals surface area contributed by atoms with E-state index in [0.29, 0.717) is 13.0 Å². The predicted molar refractivity (Wildman–Crippen MR) is 124 cm³/mol. The Kier molecular flexibility index (Phi) is 7.88. The molecule has 1 heterocycles. The fourth-order valence-corrected chi connectivity index (χ4v) is 3.91. The van der Waals surface area contributed by atoms with Gasteiger partial charge in [-0.25, -0.2) is 9.78 Å². The maximum atomic E-state index is 13.1. The van der Waals surface area contributed by atoms with Crippen LogP contribution < -0.4 is 0 Å². The van der Waals surface area contributed by atoms with Crippen molar-refractivity contribution in [1.82, 2.24) is 14.5 Å². The number of aryl methyl sites for hydroxylation is 1. The van der Waals surface area contributed by atoms with E-state index < -0.39 is 6.10 Å². The second-order valence-corrected chi connectivity index (χ2v) is 8.39. The lowest BCUT2D eigenvalue weighted by Crippen LogP contribution is -2.43. The van der Waals surface area contributed by atoms with E-state index >= 15 is 0 Å². The fourth-order valence-electron chi connectivity index (χ4n) is 3.91. The molecule has 0 aliphatic carbocycles. The lowest BCUT2D eigenvalue weighted by atomic mass is 10.1. The van der Waals surface area contributed by atoms with Crippen molar-refractivity contribution in [3.63, 3.8) is 0 Å². The van der Waals surface area contributed by atoms with Gasteiger partial charge in [-0.05, 0) is 51.7 Å². The summed E-state index contributed by atoms with van der Waals surface area (Å²) in [7, 11) is 0. The highest BCUT2D eigenvalue weighted by Crippen LogP contribution is 2.25. The molecule has 31 heavy (non-hydrogen) atoms. The number of rotatable bonds is 9. The van der Waals surface area contributed by atoms with E-state index in [4.69, 9.17) is 4.74 Å². The molecular formula is C26H33N3O2. The van der Waals surface area contributed by atoms with Crippen molar-refractivity contribution >= 4 is 6.09 Å². The van der Waals surface area contributed by atoms with Crippen molar-refractivity contribution in [1.29, 1.82) is 0 Å². The molecular weight excluding hydrogens is 386 g/mol. The zero-order valence-electron chi connectivity index (χ0n) is 18.9. The number of carbonyl (C=O) groups is 1. The van der Waals surface area contributed by atoms with Crippen LogP contribution in [0.4, 0.5) is 4.79 Å². The summed E-state index contributed by atoms with van der Waals surface area (Å²) in [6.45, 7) is 8.73. The Balaban J connectivity index is 1.83. The minimum Gasteiger partial charge on any atom is -0.438 e. The van der Waals surface area contributed by atoms with Gasteiger partial charge < -0.3 is 14.2 Å². The molecule has 0 radical (unpaired) electrons. The molecule has 0 saturated heterocycles. The molecule has 0 aliphatic heterocycles. The molecule has 1 aromatic heterocycles. The monoisotopic (exact) mass is 419 g/mol. The van der Waals surface area contributed by atoms with E-state index in [1.165, 1.54) is 11.1 Å². The van der Waals surface area contributed by atoms with Crippen molar-refractivity contribution in [2.45, 2.75) is 65.3 Å². The lowest BCUT2D eigenvalue weighted by Gasteiger charge is -2.31. The minimum absolute atomic E-state index is 0.0614. The second kappa shape index (κ2) is 10.8. The first-order valence-corrected chi connectivity index (χ1v) is 11.0. The summed E-state index contributed by atoms with van der Waals surface area (Å²) < 4.78 is 8.16. The molecule has 3 aromatic rings. The molecule has 0 spiro atoms. The number of benzene rings is 2. The molecule has 0 fully saturated rings. The molecule has 3 rings (SSSR count). The number of amides is 1. The Morgan fingerprint density at radius 1 is 0.935 bits per heavy atom. The van der Waals surface area contributed by atoms with Crippen LogP contribution in [-0.4, -0.2) is 32.6 Å². The van der Waals surface area contributed by atoms with Crippen molar-refractivity contribution in [2.75, 3.05) is 0 Å². The quantitative estimate of drug-likeness (QED) is 0.436. The largest absolute Gasteiger partial charge is 0.438 e. The SMILES string of the molecule is CC(C)N(C(=O)OC(CCc1ccccc1)c1nccn1Cc1ccccc1)C(C)C. The normalized spacial score (nSPS) is 12.2. The highest BCUT2D eigenvalue weighted by molar-refractivity contribution is 5.68. The molecule has 2 aromatic carbocycles. The third kappa shape index (κ3) is 6.20. The van der Waals surface area contributed by atoms with Gasteiger partial charge in [-0.1, -0.05) is 60.7 Å². The van der Waals surface area contributed by atoms with Gasteiger partial charge in [0, 0.05) is 31.0 Å². The topological polar surface area (TPSA) is 47.4 Å². The molecule has 0 saturated carbocycles. The second-order valence-electron chi connectivity index (χ2n) is 8.39. The molecule has 0 aliphatic rings. The predicted octanol–water partition coefficient (Wildman–Crippen LogP) is 5.86. The van der Waals surface area contributed by atoms with Crippen molar-refractivity contribution in [2.24, 2.45) is 0 Å². The maximum Gasteiger partial charge on any atom is 0.410 e. The van der Waals surface area contributed by atoms with Gasteiger partial charge in [0.2, 0.25) is 0 Å². The van der Waals surface area contributed by atoms with Crippen LogP contribution in [0.15, 0.2) is 73.1 Å². The average molecular weight is 420 g/mol. The summed E-state index contributed by atoms with van der Waals surface area (Å²) in [6.07, 6.45) is 4.49. The van der Waals surface area contributed by atoms with E-state index in [-0.39, 0.29) is 18.2 Å². The summed E-state index contributed by atoms with van der Waals surface area (Å²) in [6, 6.07) is 20.7. The van der Waals surface area contributed by atoms with Crippen LogP contribution in [0, 0.1) is 0 Å². The van der Waals surface area contributed by atoms with Gasteiger partial charge in [0.25, 0.3) is 0 Å². The van der Waals surface area contributed by atoms with Crippen LogP contribution in [-0.2, 0) is 17.7 Å². The van der Waals surface area contributed by atoms with E-state index in [1.807, 2.05) is 70.3 Å². The highest BCUT2D eigenvalue weighted by Gasteiger charge is 2.27. The number of nitrogens with zero attached hydrogens (tertiary/aromatic N) is 3. The lowest BCUT2D eigenvalue weighted by molar-refractivity contribution is 0.0371. The Morgan fingerprint density at radius 2 is 1.52 bits per heavy atom. The number of hydrogen-bond donors (Lipinski definition) is 0. The molecule has 0 N–H and O–H groups in total. The summed E-state index contributed by atoms with van der Waals surface area (Å²) in [5.41, 5.74) is 2.40. The first-order chi connectivity index (χ1) is 15.0. The third-order valence-corrected chi connectivity index (χ3v) is 5.34. The molecule has 164 valence electrons. The van der Waals surface area contributed by atoms with Crippen molar-refractivity contribution in [3.05, 3.63) is 90.0 Å². The molecule has 1 amide bonds. The average Bonchev–Trinajstić information content (AvgIpc) is 3.20. The summed E-state index contributed by atoms with van der Waals surface area (Å²) in [5.74, 6) is 0.778. The van der Waals surface area contributed by atoms with Gasteiger partial charge in [0.1, 0.15) is 5.82 Å². The zero-order valence-corrected chi connectivity index (χ0v) is 18.9. The standard InChI is InChI=1S/C26H33N3O2/c1-20(2)29(21(3)4)26(30)31-24(16-15-22-11-7-5-8-12-22)25-27-17-18-28(25)19-23-13-9-6-10-14-23/h5-14,17-18,20-21,24H,15-16,19H2,1-4H3. The Hall–Kier alpha value is -3.08. The van der Waals surface area contributed by atoms with E-state index in [1.54, 1.807) is 11.1 Å². The van der Waals surface area contributed by atoms with Crippen LogP contribution in [0.3, 0.4) is 0 Å². The summed E-state index contributed by atoms with van der Waals surface area (Å²) >= 11 is 0. The van der Waals surface area contributed by atoms with E-state index in [0.717, 1.165) is 12.2 Å². The number of imidazole rings is 1. The molecule has 1 unspecified atom stereocenters. The minimum atomic E-state index is -0.425. The first-order valence-electron chi connectivity index (χ1n) is 11.0. The Morgan fingerprint density at radius 3 is 2.10 bits per heavy atom. The summed E-state index contributed by atoms with van der Waals surface area (Å²) in [5, 5.41) is 0. The maximum absolute atomic E-state index is 13.1. The van der Waals surface area contributed by atoms with E-state index in [2.05, 4.69) is 33.8 Å². The van der Waals surface area contributed by atoms with Gasteiger partial charge in [-0.15, -0.1) is 0 Å². The van der Waals surface area contributed by atoms with Gasteiger partial charge in [-0.2, -0.15) is 0 Å². The molecule has 5 nitrogen and oxygen atoms in total. The first kappa shape index (κ1) is 22.6. The van der Waals surface area contributed by atoms with Gasteiger partial charge in [0.05, 0.1) is 0 Å². The van der Waals surface area contributed by atoms with Gasteiger partial charge in [-0.3, -0.25) is 0 Å². The number of hydrogen-bond acceptors (Lipinski definition) is 3. The van der Waals surface area contributed by atoms with Gasteiger partial charge in [0.15, 0.2) is 6.10 Å². The van der Waals surface area contributed by atoms with Gasteiger partial charge >= 0.3 is 6.09 Å². The van der Waals surface area contributed by atoms with Crippen molar-refractivity contribution < 1.29 is 9.53 Å². The van der Waals surface area contributed by atoms with Crippen LogP contribution in [0.25, 0.3) is 0 Å². The van der Waals surface area contributed by atoms with Crippen LogP contribution in [0.5, 0.6) is 0 Å². The summed E-state index contributed by atoms with van der Waals surface area (Å²) in [4.78, 5) is 19.5. The Bertz CT molecular complexity index is 928. The molecule has 1 atom stereocenters. The molecule has 5 heteroatoms. The van der Waals surface area contributed by atoms with Crippen LogP contribution in [0.1, 0.15) is 57.2 Å². The fraction of sp³-hybridized carbons (Fsp3) is 0.385. The van der Waals surface area contributed by atoms with Crippen LogP contribution >= 0.6 is 0 Å². The van der Waals surface area contributed by atoms with Crippen molar-refractivity contribution in [3.8, 4) is 0 Å². The zero-order chi connectivity index (χ0) is 22.2. The number of aromatic nitrogens is 2. The number of ether oxygens (including phenoxy) is 1. The highest BCUT2D eigenvalue weighted by atomic mass is 16.6. The smallest absolute Gasteiger partial charge is 0.410 e. The van der Waals surface area contributed by atoms with Crippen LogP contribution in [0.2, 0.25) is 0 Å². The van der Waals surface area contributed by atoms with E-state index in [9.17, 15) is 4.79 Å². The number of carbonyl (C=O) groups excluding carboxylic acids is 1. The Labute approximate surface area is 185 Å². The third-order valence-electron chi connectivity index (χ3n) is 5.34.